The van der Waals surface area contributed by atoms with Gasteiger partial charge in [0.05, 0.1) is 17.4 Å². The number of benzene rings is 1. The highest BCUT2D eigenvalue weighted by Gasteiger charge is 2.20. The highest BCUT2D eigenvalue weighted by atomic mass is 35.5. The van der Waals surface area contributed by atoms with Gasteiger partial charge in [0.1, 0.15) is 4.90 Å². The summed E-state index contributed by atoms with van der Waals surface area (Å²) in [6, 6.07) is 4.38. The lowest BCUT2D eigenvalue weighted by Gasteiger charge is -2.15. The van der Waals surface area contributed by atoms with Crippen molar-refractivity contribution in [3.63, 3.8) is 0 Å². The zero-order chi connectivity index (χ0) is 15.6. The molecule has 0 aliphatic rings. The molecular weight excluding hydrogens is 316 g/mol. The minimum Gasteiger partial charge on any atom is -0.345 e. The molecule has 0 saturated carbocycles. The van der Waals surface area contributed by atoms with Crippen LogP contribution in [-0.2, 0) is 10.0 Å². The van der Waals surface area contributed by atoms with Crippen molar-refractivity contribution in [2.75, 3.05) is 18.8 Å². The standard InChI is InChI=1S/C12H13ClN4O3S/c1-17(2)12(18)10-4-3-8(13)5-11(10)16-21(19,20)9-6-14-15-7-9/h3-7,16H,1-2H3,(H,14,15). The lowest BCUT2D eigenvalue weighted by molar-refractivity contribution is 0.0828. The maximum absolute atomic E-state index is 12.2. The monoisotopic (exact) mass is 328 g/mol. The molecule has 2 aromatic rings. The van der Waals surface area contributed by atoms with E-state index in [-0.39, 0.29) is 22.1 Å². The first kappa shape index (κ1) is 15.3. The van der Waals surface area contributed by atoms with E-state index in [1.165, 1.54) is 35.5 Å². The number of anilines is 1. The maximum Gasteiger partial charge on any atom is 0.265 e. The quantitative estimate of drug-likeness (QED) is 0.890. The van der Waals surface area contributed by atoms with Crippen LogP contribution in [0.15, 0.2) is 35.5 Å². The molecule has 2 rings (SSSR count). The third-order valence-electron chi connectivity index (χ3n) is 2.65. The summed E-state index contributed by atoms with van der Waals surface area (Å²) in [5.41, 5.74) is 0.318. The van der Waals surface area contributed by atoms with Crippen LogP contribution in [0.4, 0.5) is 5.69 Å². The first-order valence-corrected chi connectivity index (χ1v) is 7.70. The fourth-order valence-electron chi connectivity index (χ4n) is 1.62. The van der Waals surface area contributed by atoms with Crippen LogP contribution in [0.25, 0.3) is 0 Å². The second-order valence-electron chi connectivity index (χ2n) is 4.43. The number of rotatable bonds is 4. The third kappa shape index (κ3) is 3.34. The van der Waals surface area contributed by atoms with Gasteiger partial charge < -0.3 is 4.90 Å². The Hall–Kier alpha value is -2.06. The van der Waals surface area contributed by atoms with Crippen molar-refractivity contribution in [2.45, 2.75) is 4.90 Å². The number of carbonyl (C=O) groups excluding carboxylic acids is 1. The molecule has 0 unspecified atom stereocenters. The second kappa shape index (κ2) is 5.74. The number of sulfonamides is 1. The molecular formula is C12H13ClN4O3S. The van der Waals surface area contributed by atoms with Crippen LogP contribution in [0.2, 0.25) is 5.02 Å². The van der Waals surface area contributed by atoms with Crippen molar-refractivity contribution >= 4 is 33.2 Å². The Morgan fingerprint density at radius 1 is 1.38 bits per heavy atom. The number of amides is 1. The van der Waals surface area contributed by atoms with Gasteiger partial charge in [-0.2, -0.15) is 5.10 Å². The molecule has 0 fully saturated rings. The molecule has 0 saturated heterocycles. The average molecular weight is 329 g/mol. The summed E-state index contributed by atoms with van der Waals surface area (Å²) in [6.45, 7) is 0. The SMILES string of the molecule is CN(C)C(=O)c1ccc(Cl)cc1NS(=O)(=O)c1cn[nH]c1. The fraction of sp³-hybridized carbons (Fsp3) is 0.167. The predicted molar refractivity (Wildman–Crippen MR) is 78.9 cm³/mol. The number of nitrogens with zero attached hydrogens (tertiary/aromatic N) is 2. The van der Waals surface area contributed by atoms with Gasteiger partial charge in [-0.05, 0) is 18.2 Å². The topological polar surface area (TPSA) is 95.2 Å². The van der Waals surface area contributed by atoms with Crippen molar-refractivity contribution in [1.82, 2.24) is 15.1 Å². The summed E-state index contributed by atoms with van der Waals surface area (Å²) >= 11 is 5.88. The smallest absolute Gasteiger partial charge is 0.265 e. The van der Waals surface area contributed by atoms with E-state index in [1.807, 2.05) is 0 Å². The molecule has 9 heteroatoms. The summed E-state index contributed by atoms with van der Waals surface area (Å²) < 4.78 is 26.7. The number of hydrogen-bond donors (Lipinski definition) is 2. The van der Waals surface area contributed by atoms with E-state index in [2.05, 4.69) is 14.9 Å². The highest BCUT2D eigenvalue weighted by molar-refractivity contribution is 7.92. The summed E-state index contributed by atoms with van der Waals surface area (Å²) in [5.74, 6) is -0.337. The van der Waals surface area contributed by atoms with Gasteiger partial charge in [-0.3, -0.25) is 14.6 Å². The number of hydrogen-bond acceptors (Lipinski definition) is 4. The van der Waals surface area contributed by atoms with Crippen LogP contribution in [0, 0.1) is 0 Å². The predicted octanol–water partition coefficient (Wildman–Crippen LogP) is 1.57. The Bertz CT molecular complexity index is 757. The lowest BCUT2D eigenvalue weighted by atomic mass is 10.1. The molecule has 0 spiro atoms. The molecule has 21 heavy (non-hydrogen) atoms. The maximum atomic E-state index is 12.2. The van der Waals surface area contributed by atoms with Gasteiger partial charge in [-0.15, -0.1) is 0 Å². The van der Waals surface area contributed by atoms with E-state index in [1.54, 1.807) is 14.1 Å². The van der Waals surface area contributed by atoms with Crippen LogP contribution < -0.4 is 4.72 Å². The van der Waals surface area contributed by atoms with Gasteiger partial charge in [0.15, 0.2) is 0 Å². The van der Waals surface area contributed by atoms with Crippen molar-refractivity contribution in [2.24, 2.45) is 0 Å². The van der Waals surface area contributed by atoms with Crippen LogP contribution in [-0.4, -0.2) is 43.5 Å². The van der Waals surface area contributed by atoms with E-state index in [9.17, 15) is 13.2 Å². The number of H-pyrrole nitrogens is 1. The van der Waals surface area contributed by atoms with E-state index in [4.69, 9.17) is 11.6 Å². The van der Waals surface area contributed by atoms with E-state index >= 15 is 0 Å². The average Bonchev–Trinajstić information content (AvgIpc) is 2.92. The Kier molecular flexibility index (Phi) is 4.19. The fourth-order valence-corrected chi connectivity index (χ4v) is 2.77. The van der Waals surface area contributed by atoms with Crippen LogP contribution in [0.5, 0.6) is 0 Å². The summed E-state index contributed by atoms with van der Waals surface area (Å²) in [4.78, 5) is 13.4. The summed E-state index contributed by atoms with van der Waals surface area (Å²) in [7, 11) is -0.692. The van der Waals surface area contributed by atoms with Gasteiger partial charge in [-0.1, -0.05) is 11.6 Å². The normalized spacial score (nSPS) is 11.2. The number of nitrogens with one attached hydrogen (secondary N) is 2. The van der Waals surface area contributed by atoms with Crippen molar-refractivity contribution in [1.29, 1.82) is 0 Å². The van der Waals surface area contributed by atoms with Crippen LogP contribution in [0.3, 0.4) is 0 Å². The summed E-state index contributed by atoms with van der Waals surface area (Å²) in [6.07, 6.45) is 2.40. The van der Waals surface area contributed by atoms with E-state index < -0.39 is 10.0 Å². The number of carbonyl (C=O) groups is 1. The van der Waals surface area contributed by atoms with Crippen molar-refractivity contribution in [3.8, 4) is 0 Å². The van der Waals surface area contributed by atoms with Gasteiger partial charge in [0.25, 0.3) is 15.9 Å². The third-order valence-corrected chi connectivity index (χ3v) is 4.21. The number of aromatic amines is 1. The molecule has 2 N–H and O–H groups in total. The summed E-state index contributed by atoms with van der Waals surface area (Å²) in [5, 5.41) is 6.32. The van der Waals surface area contributed by atoms with Gasteiger partial charge in [-0.25, -0.2) is 8.42 Å². The molecule has 0 radical (unpaired) electrons. The van der Waals surface area contributed by atoms with Crippen molar-refractivity contribution in [3.05, 3.63) is 41.2 Å². The Labute approximate surface area is 127 Å². The zero-order valence-corrected chi connectivity index (χ0v) is 12.9. The lowest BCUT2D eigenvalue weighted by Crippen LogP contribution is -2.24. The molecule has 0 aliphatic heterocycles. The molecule has 0 atom stereocenters. The first-order valence-electron chi connectivity index (χ1n) is 5.84. The van der Waals surface area contributed by atoms with Gasteiger partial charge in [0.2, 0.25) is 0 Å². The number of halogens is 1. The molecule has 0 bridgehead atoms. The second-order valence-corrected chi connectivity index (χ2v) is 6.55. The minimum absolute atomic E-state index is 0.0364. The van der Waals surface area contributed by atoms with Crippen molar-refractivity contribution < 1.29 is 13.2 Å². The highest BCUT2D eigenvalue weighted by Crippen LogP contribution is 2.24. The van der Waals surface area contributed by atoms with E-state index in [0.717, 1.165) is 0 Å². The van der Waals surface area contributed by atoms with Crippen LogP contribution >= 0.6 is 11.6 Å². The molecule has 7 nitrogen and oxygen atoms in total. The largest absolute Gasteiger partial charge is 0.345 e. The first-order chi connectivity index (χ1) is 9.81. The zero-order valence-electron chi connectivity index (χ0n) is 11.3. The van der Waals surface area contributed by atoms with Gasteiger partial charge in [0, 0.05) is 25.3 Å². The molecule has 1 aromatic carbocycles. The molecule has 1 aromatic heterocycles. The van der Waals surface area contributed by atoms with Gasteiger partial charge >= 0.3 is 0 Å². The molecule has 0 aliphatic carbocycles. The van der Waals surface area contributed by atoms with Crippen LogP contribution in [0.1, 0.15) is 10.4 Å². The van der Waals surface area contributed by atoms with E-state index in [0.29, 0.717) is 5.02 Å². The Morgan fingerprint density at radius 3 is 2.67 bits per heavy atom. The molecule has 1 amide bonds. The minimum atomic E-state index is -3.84. The molecule has 112 valence electrons. The Balaban J connectivity index is 2.44. The molecule has 1 heterocycles. The Morgan fingerprint density at radius 2 is 2.10 bits per heavy atom. The number of aromatic nitrogens is 2.